The molecule has 0 bridgehead atoms. The summed E-state index contributed by atoms with van der Waals surface area (Å²) in [5, 5.41) is 21.7. The summed E-state index contributed by atoms with van der Waals surface area (Å²) in [7, 11) is -1.62. The average Bonchev–Trinajstić information content (AvgIpc) is 2.94. The van der Waals surface area contributed by atoms with Crippen LogP contribution in [-0.4, -0.2) is 57.9 Å². The van der Waals surface area contributed by atoms with E-state index >= 15 is 0 Å². The van der Waals surface area contributed by atoms with Gasteiger partial charge in [-0.1, -0.05) is 52.9 Å². The highest BCUT2D eigenvalue weighted by atomic mass is 16.4. The summed E-state index contributed by atoms with van der Waals surface area (Å²) in [5.41, 5.74) is 5.45. The molecule has 154 valence electrons. The molecule has 8 heteroatoms. The zero-order chi connectivity index (χ0) is 20.2. The van der Waals surface area contributed by atoms with Crippen molar-refractivity contribution in [1.29, 1.82) is 0 Å². The maximum Gasteiger partial charge on any atom is 0.475 e. The van der Waals surface area contributed by atoms with Crippen molar-refractivity contribution in [1.82, 2.24) is 10.2 Å². The van der Waals surface area contributed by atoms with Gasteiger partial charge in [0, 0.05) is 6.54 Å². The van der Waals surface area contributed by atoms with Crippen LogP contribution in [0, 0.1) is 11.8 Å². The quantitative estimate of drug-likeness (QED) is 0.465. The molecule has 1 aliphatic heterocycles. The first kappa shape index (κ1) is 22.2. The van der Waals surface area contributed by atoms with Crippen LogP contribution in [0.25, 0.3) is 0 Å². The van der Waals surface area contributed by atoms with Gasteiger partial charge in [0.05, 0.1) is 11.5 Å². The van der Waals surface area contributed by atoms with E-state index in [2.05, 4.69) is 5.32 Å². The van der Waals surface area contributed by atoms with Crippen molar-refractivity contribution in [3.63, 3.8) is 0 Å². The van der Waals surface area contributed by atoms with Gasteiger partial charge >= 0.3 is 7.12 Å². The number of carbonyl (C=O) groups is 2. The molecule has 1 aliphatic carbocycles. The first-order chi connectivity index (χ1) is 12.7. The number of nitrogens with two attached hydrogens (primary N) is 1. The van der Waals surface area contributed by atoms with Gasteiger partial charge in [-0.15, -0.1) is 0 Å². The van der Waals surface area contributed by atoms with Crippen molar-refractivity contribution in [3.05, 3.63) is 0 Å². The van der Waals surface area contributed by atoms with Crippen molar-refractivity contribution in [2.45, 2.75) is 89.7 Å². The maximum atomic E-state index is 13.1. The van der Waals surface area contributed by atoms with Crippen molar-refractivity contribution < 1.29 is 19.6 Å². The second-order valence-corrected chi connectivity index (χ2v) is 8.64. The second kappa shape index (κ2) is 9.39. The topological polar surface area (TPSA) is 116 Å². The lowest BCUT2D eigenvalue weighted by Crippen LogP contribution is -2.58. The van der Waals surface area contributed by atoms with Crippen molar-refractivity contribution >= 4 is 18.9 Å². The zero-order valence-electron chi connectivity index (χ0n) is 17.0. The molecule has 0 aromatic heterocycles. The summed E-state index contributed by atoms with van der Waals surface area (Å²) >= 11 is 0. The third-order valence-corrected chi connectivity index (χ3v) is 6.54. The number of likely N-dealkylation sites (tertiary alicyclic amines) is 1. The number of hydrogen-bond donors (Lipinski definition) is 4. The summed E-state index contributed by atoms with van der Waals surface area (Å²) in [4.78, 5) is 27.7. The van der Waals surface area contributed by atoms with Crippen LogP contribution in [-0.2, 0) is 9.59 Å². The molecule has 2 amide bonds. The maximum absolute atomic E-state index is 13.1. The van der Waals surface area contributed by atoms with Gasteiger partial charge in [0.15, 0.2) is 0 Å². The lowest BCUT2D eigenvalue weighted by atomic mass is 9.77. The summed E-state index contributed by atoms with van der Waals surface area (Å²) < 4.78 is 0. The molecule has 3 atom stereocenters. The standard InChI is InChI=1S/C19H36BN3O4/c1-4-16(20(26)27)22-17(24)15(12-14-8-6-5-7-9-14)23-11-10-19(21,13(2)3)18(23)25/h13-16,26-27H,4-12,21H2,1-3H3,(H,22,24)/t15-,16-,19?/m0/s1. The molecule has 1 heterocycles. The average molecular weight is 381 g/mol. The molecule has 1 unspecified atom stereocenters. The van der Waals surface area contributed by atoms with E-state index in [1.807, 2.05) is 13.8 Å². The van der Waals surface area contributed by atoms with E-state index in [4.69, 9.17) is 5.73 Å². The number of carbonyl (C=O) groups excluding carboxylic acids is 2. The Bertz CT molecular complexity index is 525. The first-order valence-corrected chi connectivity index (χ1v) is 10.5. The number of amides is 2. The van der Waals surface area contributed by atoms with Crippen LogP contribution in [0.1, 0.15) is 72.1 Å². The van der Waals surface area contributed by atoms with Gasteiger partial charge < -0.3 is 26.0 Å². The molecule has 5 N–H and O–H groups in total. The van der Waals surface area contributed by atoms with Crippen LogP contribution in [0.5, 0.6) is 0 Å². The van der Waals surface area contributed by atoms with Gasteiger partial charge in [0.25, 0.3) is 0 Å². The molecule has 0 radical (unpaired) electrons. The number of nitrogens with zero attached hydrogens (tertiary/aromatic N) is 1. The highest BCUT2D eigenvalue weighted by molar-refractivity contribution is 6.43. The van der Waals surface area contributed by atoms with Gasteiger partial charge in [-0.05, 0) is 31.1 Å². The Labute approximate surface area is 163 Å². The molecule has 2 rings (SSSR count). The second-order valence-electron chi connectivity index (χ2n) is 8.64. The Morgan fingerprint density at radius 1 is 1.33 bits per heavy atom. The summed E-state index contributed by atoms with van der Waals surface area (Å²) in [5.74, 6) is -0.797. The molecule has 0 spiro atoms. The molecule has 27 heavy (non-hydrogen) atoms. The van der Waals surface area contributed by atoms with E-state index in [9.17, 15) is 19.6 Å². The zero-order valence-corrected chi connectivity index (χ0v) is 17.0. The number of nitrogens with one attached hydrogen (secondary N) is 1. The smallest absolute Gasteiger partial charge is 0.426 e. The fraction of sp³-hybridized carbons (Fsp3) is 0.895. The van der Waals surface area contributed by atoms with Crippen molar-refractivity contribution in [2.24, 2.45) is 17.6 Å². The monoisotopic (exact) mass is 381 g/mol. The van der Waals surface area contributed by atoms with Crippen LogP contribution in [0.4, 0.5) is 0 Å². The van der Waals surface area contributed by atoms with Crippen LogP contribution < -0.4 is 11.1 Å². The predicted molar refractivity (Wildman–Crippen MR) is 105 cm³/mol. The van der Waals surface area contributed by atoms with Crippen LogP contribution in [0.15, 0.2) is 0 Å². The third kappa shape index (κ3) is 5.03. The molecule has 7 nitrogen and oxygen atoms in total. The minimum absolute atomic E-state index is 0.00366. The molecule has 0 aromatic rings. The van der Waals surface area contributed by atoms with Crippen molar-refractivity contribution in [3.8, 4) is 0 Å². The van der Waals surface area contributed by atoms with Crippen LogP contribution in [0.3, 0.4) is 0 Å². The van der Waals surface area contributed by atoms with Crippen LogP contribution in [0.2, 0.25) is 0 Å². The fourth-order valence-electron chi connectivity index (χ4n) is 4.40. The van der Waals surface area contributed by atoms with Crippen LogP contribution >= 0.6 is 0 Å². The summed E-state index contributed by atoms with van der Waals surface area (Å²) in [6, 6.07) is -0.599. The Morgan fingerprint density at radius 2 is 1.96 bits per heavy atom. The Hall–Kier alpha value is -1.12. The fourth-order valence-corrected chi connectivity index (χ4v) is 4.40. The van der Waals surface area contributed by atoms with E-state index in [-0.39, 0.29) is 17.7 Å². The largest absolute Gasteiger partial charge is 0.475 e. The molecule has 2 fully saturated rings. The molecular formula is C19H36BN3O4. The van der Waals surface area contributed by atoms with Gasteiger partial charge in [-0.3, -0.25) is 9.59 Å². The lowest BCUT2D eigenvalue weighted by molar-refractivity contribution is -0.141. The van der Waals surface area contributed by atoms with E-state index < -0.39 is 24.6 Å². The molecular weight excluding hydrogens is 345 g/mol. The van der Waals surface area contributed by atoms with Gasteiger partial charge in [-0.25, -0.2) is 0 Å². The van der Waals surface area contributed by atoms with Gasteiger partial charge in [0.1, 0.15) is 6.04 Å². The predicted octanol–water partition coefficient (Wildman–Crippen LogP) is 0.818. The highest BCUT2D eigenvalue weighted by Gasteiger charge is 2.49. The summed E-state index contributed by atoms with van der Waals surface area (Å²) in [6.45, 7) is 6.13. The Morgan fingerprint density at radius 3 is 2.44 bits per heavy atom. The van der Waals surface area contributed by atoms with Crippen molar-refractivity contribution in [2.75, 3.05) is 6.54 Å². The Balaban J connectivity index is 2.19. The molecule has 1 saturated carbocycles. The lowest BCUT2D eigenvalue weighted by Gasteiger charge is -2.34. The van der Waals surface area contributed by atoms with E-state index in [0.29, 0.717) is 31.7 Å². The number of rotatable bonds is 8. The molecule has 0 aromatic carbocycles. The van der Waals surface area contributed by atoms with E-state index in [1.165, 1.54) is 6.42 Å². The minimum Gasteiger partial charge on any atom is -0.426 e. The summed E-state index contributed by atoms with van der Waals surface area (Å²) in [6.07, 6.45) is 7.25. The van der Waals surface area contributed by atoms with E-state index in [0.717, 1.165) is 25.7 Å². The SMILES string of the molecule is CC[C@H](NC(=O)[C@H](CC1CCCCC1)N1CCC(N)(C(C)C)C1=O)B(O)O. The highest BCUT2D eigenvalue weighted by Crippen LogP contribution is 2.33. The minimum atomic E-state index is -1.62. The number of hydrogen-bond acceptors (Lipinski definition) is 5. The Kier molecular flexibility index (Phi) is 7.71. The normalized spacial score (nSPS) is 26.3. The van der Waals surface area contributed by atoms with Gasteiger partial charge in [0.2, 0.25) is 11.8 Å². The first-order valence-electron chi connectivity index (χ1n) is 10.5. The molecule has 2 aliphatic rings. The van der Waals surface area contributed by atoms with Gasteiger partial charge in [-0.2, -0.15) is 0 Å². The molecule has 1 saturated heterocycles. The third-order valence-electron chi connectivity index (χ3n) is 6.54. The van der Waals surface area contributed by atoms with E-state index in [1.54, 1.807) is 11.8 Å².